The van der Waals surface area contributed by atoms with Crippen LogP contribution in [-0.4, -0.2) is 59.1 Å². The van der Waals surface area contributed by atoms with Gasteiger partial charge < -0.3 is 24.8 Å². The zero-order valence-corrected chi connectivity index (χ0v) is 20.8. The molecule has 170 valence electrons. The van der Waals surface area contributed by atoms with Crippen LogP contribution >= 0.6 is 24.0 Å². The van der Waals surface area contributed by atoms with Crippen LogP contribution in [0.4, 0.5) is 0 Å². The number of benzene rings is 1. The van der Waals surface area contributed by atoms with Crippen LogP contribution < -0.4 is 15.4 Å². The molecule has 7 heteroatoms. The van der Waals surface area contributed by atoms with Crippen molar-refractivity contribution in [3.05, 3.63) is 29.8 Å². The van der Waals surface area contributed by atoms with Gasteiger partial charge in [-0.3, -0.25) is 4.99 Å². The Hall–Kier alpha value is -1.06. The molecule has 6 nitrogen and oxygen atoms in total. The fourth-order valence-corrected chi connectivity index (χ4v) is 3.73. The Balaban J connectivity index is 0.00000320. The van der Waals surface area contributed by atoms with Crippen molar-refractivity contribution in [2.75, 3.05) is 53.2 Å². The van der Waals surface area contributed by atoms with E-state index in [1.54, 1.807) is 7.11 Å². The summed E-state index contributed by atoms with van der Waals surface area (Å²) in [6.07, 6.45) is 5.65. The number of nitrogens with one attached hydrogen (secondary N) is 2. The summed E-state index contributed by atoms with van der Waals surface area (Å²) in [5, 5.41) is 6.83. The van der Waals surface area contributed by atoms with Crippen molar-refractivity contribution in [2.24, 2.45) is 10.9 Å². The summed E-state index contributed by atoms with van der Waals surface area (Å²) in [6.45, 7) is 7.88. The third-order valence-corrected chi connectivity index (χ3v) is 5.84. The summed E-state index contributed by atoms with van der Waals surface area (Å²) in [6, 6.07) is 8.44. The number of hydrogen-bond acceptors (Lipinski definition) is 4. The number of ether oxygens (including phenoxy) is 3. The molecule has 0 atom stereocenters. The minimum absolute atomic E-state index is 0. The summed E-state index contributed by atoms with van der Waals surface area (Å²) in [5.41, 5.74) is 1.33. The van der Waals surface area contributed by atoms with Crippen LogP contribution in [0, 0.1) is 5.92 Å². The van der Waals surface area contributed by atoms with Gasteiger partial charge >= 0.3 is 0 Å². The van der Waals surface area contributed by atoms with Gasteiger partial charge in [0.1, 0.15) is 5.75 Å². The van der Waals surface area contributed by atoms with Crippen molar-refractivity contribution in [1.29, 1.82) is 0 Å². The average Bonchev–Trinajstić information content (AvgIpc) is 3.59. The first-order valence-electron chi connectivity index (χ1n) is 11.1. The Morgan fingerprint density at radius 1 is 1.17 bits per heavy atom. The molecule has 3 rings (SSSR count). The molecule has 0 unspecified atom stereocenters. The molecule has 2 N–H and O–H groups in total. The molecule has 1 aromatic rings. The quantitative estimate of drug-likeness (QED) is 0.197. The molecule has 1 saturated carbocycles. The number of methoxy groups -OCH3 is 1. The predicted octanol–water partition coefficient (Wildman–Crippen LogP) is 3.73. The van der Waals surface area contributed by atoms with Gasteiger partial charge in [0.15, 0.2) is 5.96 Å². The molecule has 0 bridgehead atoms. The summed E-state index contributed by atoms with van der Waals surface area (Å²) in [5.74, 6) is 2.60. The number of rotatable bonds is 11. The number of guanidine groups is 1. The number of halogens is 1. The lowest BCUT2D eigenvalue weighted by Crippen LogP contribution is -2.41. The van der Waals surface area contributed by atoms with Crippen LogP contribution in [0.5, 0.6) is 5.75 Å². The molecular weight excluding hydrogens is 493 g/mol. The van der Waals surface area contributed by atoms with Gasteiger partial charge in [-0.2, -0.15) is 0 Å². The Labute approximate surface area is 198 Å². The second kappa shape index (κ2) is 13.4. The van der Waals surface area contributed by atoms with Gasteiger partial charge in [-0.25, -0.2) is 0 Å². The highest BCUT2D eigenvalue weighted by Crippen LogP contribution is 2.36. The maximum absolute atomic E-state index is 5.72. The van der Waals surface area contributed by atoms with Gasteiger partial charge in [-0.05, 0) is 62.6 Å². The predicted molar refractivity (Wildman–Crippen MR) is 132 cm³/mol. The Morgan fingerprint density at radius 3 is 2.53 bits per heavy atom. The molecule has 0 amide bonds. The van der Waals surface area contributed by atoms with E-state index < -0.39 is 0 Å². The standard InChI is InChI=1S/C23H37N3O3.HI/c1-3-24-22(25-13-4-14-29-17-19-5-6-19)26-18-23(11-15-28-16-12-23)20-7-9-21(27-2)10-8-20;/h7-10,19H,3-6,11-18H2,1-2H3,(H2,24,25,26);1H. The van der Waals surface area contributed by atoms with Crippen LogP contribution in [0.15, 0.2) is 29.3 Å². The molecule has 0 spiro atoms. The third kappa shape index (κ3) is 7.89. The fraction of sp³-hybridized carbons (Fsp3) is 0.696. The first-order chi connectivity index (χ1) is 14.3. The van der Waals surface area contributed by atoms with Gasteiger partial charge in [0.05, 0.1) is 13.7 Å². The Bertz CT molecular complexity index is 629. The van der Waals surface area contributed by atoms with Gasteiger partial charge in [0, 0.05) is 44.9 Å². The Kier molecular flexibility index (Phi) is 11.2. The fourth-order valence-electron chi connectivity index (χ4n) is 3.73. The summed E-state index contributed by atoms with van der Waals surface area (Å²) < 4.78 is 16.7. The van der Waals surface area contributed by atoms with E-state index in [9.17, 15) is 0 Å². The van der Waals surface area contributed by atoms with Crippen molar-refractivity contribution in [2.45, 2.75) is 44.4 Å². The van der Waals surface area contributed by atoms with Crippen molar-refractivity contribution < 1.29 is 14.2 Å². The molecule has 1 heterocycles. The van der Waals surface area contributed by atoms with Crippen LogP contribution in [0.2, 0.25) is 0 Å². The largest absolute Gasteiger partial charge is 0.497 e. The van der Waals surface area contributed by atoms with E-state index in [2.05, 4.69) is 29.7 Å². The molecule has 2 aliphatic rings. The maximum atomic E-state index is 5.72. The van der Waals surface area contributed by atoms with Gasteiger partial charge in [0.2, 0.25) is 0 Å². The topological polar surface area (TPSA) is 64.1 Å². The highest BCUT2D eigenvalue weighted by molar-refractivity contribution is 14.0. The lowest BCUT2D eigenvalue weighted by Gasteiger charge is -2.36. The summed E-state index contributed by atoms with van der Waals surface area (Å²) in [7, 11) is 1.70. The van der Waals surface area contributed by atoms with Gasteiger partial charge in [-0.1, -0.05) is 12.1 Å². The smallest absolute Gasteiger partial charge is 0.191 e. The summed E-state index contributed by atoms with van der Waals surface area (Å²) in [4.78, 5) is 4.95. The third-order valence-electron chi connectivity index (χ3n) is 5.84. The zero-order valence-electron chi connectivity index (χ0n) is 18.5. The lowest BCUT2D eigenvalue weighted by atomic mass is 9.74. The van der Waals surface area contributed by atoms with E-state index in [-0.39, 0.29) is 29.4 Å². The first-order valence-corrected chi connectivity index (χ1v) is 11.1. The van der Waals surface area contributed by atoms with E-state index >= 15 is 0 Å². The first kappa shape index (κ1) is 25.2. The number of aliphatic imine (C=N–C) groups is 1. The molecule has 0 aromatic heterocycles. The molecule has 1 aromatic carbocycles. The average molecular weight is 531 g/mol. The highest BCUT2D eigenvalue weighted by atomic mass is 127. The normalized spacial score (nSPS) is 18.4. The van der Waals surface area contributed by atoms with Gasteiger partial charge in [-0.15, -0.1) is 24.0 Å². The second-order valence-corrected chi connectivity index (χ2v) is 8.11. The minimum Gasteiger partial charge on any atom is -0.497 e. The van der Waals surface area contributed by atoms with Crippen molar-refractivity contribution in [3.63, 3.8) is 0 Å². The second-order valence-electron chi connectivity index (χ2n) is 8.11. The molecule has 1 aliphatic carbocycles. The maximum Gasteiger partial charge on any atom is 0.191 e. The van der Waals surface area contributed by atoms with E-state index in [1.807, 2.05) is 12.1 Å². The SMILES string of the molecule is CCNC(=NCC1(c2ccc(OC)cc2)CCOCC1)NCCCOCC1CC1.I. The van der Waals surface area contributed by atoms with Gasteiger partial charge in [0.25, 0.3) is 0 Å². The van der Waals surface area contributed by atoms with Crippen molar-refractivity contribution >= 4 is 29.9 Å². The van der Waals surface area contributed by atoms with E-state index in [4.69, 9.17) is 19.2 Å². The summed E-state index contributed by atoms with van der Waals surface area (Å²) >= 11 is 0. The lowest BCUT2D eigenvalue weighted by molar-refractivity contribution is 0.0531. The number of hydrogen-bond donors (Lipinski definition) is 2. The molecule has 2 fully saturated rings. The van der Waals surface area contributed by atoms with E-state index in [0.29, 0.717) is 0 Å². The van der Waals surface area contributed by atoms with Crippen molar-refractivity contribution in [3.8, 4) is 5.75 Å². The minimum atomic E-state index is 0. The number of nitrogens with zero attached hydrogens (tertiary/aromatic N) is 1. The molecular formula is C23H38IN3O3. The Morgan fingerprint density at radius 2 is 1.90 bits per heavy atom. The van der Waals surface area contributed by atoms with Crippen LogP contribution in [0.1, 0.15) is 44.6 Å². The zero-order chi connectivity index (χ0) is 20.4. The monoisotopic (exact) mass is 531 g/mol. The van der Waals surface area contributed by atoms with E-state index in [1.165, 1.54) is 18.4 Å². The van der Waals surface area contributed by atoms with E-state index in [0.717, 1.165) is 83.0 Å². The van der Waals surface area contributed by atoms with Crippen LogP contribution in [-0.2, 0) is 14.9 Å². The molecule has 30 heavy (non-hydrogen) atoms. The van der Waals surface area contributed by atoms with Crippen molar-refractivity contribution in [1.82, 2.24) is 10.6 Å². The molecule has 1 saturated heterocycles. The highest BCUT2D eigenvalue weighted by Gasteiger charge is 2.34. The van der Waals surface area contributed by atoms with Crippen LogP contribution in [0.3, 0.4) is 0 Å². The molecule has 0 radical (unpaired) electrons. The van der Waals surface area contributed by atoms with Crippen LogP contribution in [0.25, 0.3) is 0 Å². The molecule has 1 aliphatic heterocycles.